The van der Waals surface area contributed by atoms with Crippen LogP contribution in [0.1, 0.15) is 32.3 Å². The van der Waals surface area contributed by atoms with Crippen molar-refractivity contribution in [3.63, 3.8) is 0 Å². The molecule has 0 saturated carbocycles. The van der Waals surface area contributed by atoms with Crippen LogP contribution in [0.5, 0.6) is 0 Å². The molecule has 2 aliphatic heterocycles. The van der Waals surface area contributed by atoms with Gasteiger partial charge in [0.15, 0.2) is 16.7 Å². The van der Waals surface area contributed by atoms with Gasteiger partial charge in [-0.25, -0.2) is 9.78 Å². The first-order valence-electron chi connectivity index (χ1n) is 11.8. The fourth-order valence-electron chi connectivity index (χ4n) is 3.68. The van der Waals surface area contributed by atoms with Gasteiger partial charge in [0, 0.05) is 11.1 Å². The van der Waals surface area contributed by atoms with E-state index in [4.69, 9.17) is 20.0 Å². The molecule has 0 bridgehead atoms. The van der Waals surface area contributed by atoms with Crippen molar-refractivity contribution in [2.45, 2.75) is 45.7 Å². The Balaban J connectivity index is 0.00000462. The Bertz CT molecular complexity index is 1400. The van der Waals surface area contributed by atoms with Gasteiger partial charge in [-0.05, 0) is 38.5 Å². The summed E-state index contributed by atoms with van der Waals surface area (Å²) in [5, 5.41) is 19.4. The number of carbonyl (C=O) groups is 4. The summed E-state index contributed by atoms with van der Waals surface area (Å²) in [5.41, 5.74) is 5.35. The van der Waals surface area contributed by atoms with Crippen molar-refractivity contribution in [1.82, 2.24) is 35.4 Å². The van der Waals surface area contributed by atoms with Crippen LogP contribution in [-0.2, 0) is 40.0 Å². The number of nitrogen functional groups attached to an aromatic ring is 1. The minimum absolute atomic E-state index is 0. The van der Waals surface area contributed by atoms with Gasteiger partial charge >= 0.3 is 11.9 Å². The number of thiazole rings is 1. The maximum absolute atomic E-state index is 13.3. The van der Waals surface area contributed by atoms with E-state index in [9.17, 15) is 19.2 Å². The lowest BCUT2D eigenvalue weighted by Crippen LogP contribution is -2.71. The molecule has 41 heavy (non-hydrogen) atoms. The number of esters is 2. The van der Waals surface area contributed by atoms with Crippen molar-refractivity contribution in [3.8, 4) is 0 Å². The molecule has 222 valence electrons. The minimum Gasteiger partial charge on any atom is -0.427 e. The van der Waals surface area contributed by atoms with Crippen LogP contribution in [0.4, 0.5) is 5.13 Å². The number of halogens is 1. The van der Waals surface area contributed by atoms with Crippen molar-refractivity contribution >= 4 is 70.1 Å². The van der Waals surface area contributed by atoms with Gasteiger partial charge in [0.05, 0.1) is 12.0 Å². The summed E-state index contributed by atoms with van der Waals surface area (Å²) in [4.78, 5) is 62.9. The monoisotopic (exact) mass is 629 g/mol. The summed E-state index contributed by atoms with van der Waals surface area (Å²) in [6, 6.07) is -0.981. The molecule has 0 aliphatic carbocycles. The Labute approximate surface area is 248 Å². The molecule has 2 aliphatic rings. The number of tetrazole rings is 1. The molecule has 4 heterocycles. The van der Waals surface area contributed by atoms with Crippen LogP contribution in [0.25, 0.3) is 0 Å². The molecular formula is C22H28ClN9O7S2. The molecule has 2 amide bonds. The van der Waals surface area contributed by atoms with Gasteiger partial charge < -0.3 is 25.4 Å². The van der Waals surface area contributed by atoms with Crippen LogP contribution in [-0.4, -0.2) is 90.6 Å². The summed E-state index contributed by atoms with van der Waals surface area (Å²) in [6.45, 7) is 6.06. The molecule has 0 aromatic carbocycles. The van der Waals surface area contributed by atoms with E-state index in [1.807, 2.05) is 0 Å². The third-order valence-electron chi connectivity index (χ3n) is 5.57. The molecule has 19 heteroatoms. The smallest absolute Gasteiger partial charge is 0.358 e. The maximum Gasteiger partial charge on any atom is 0.358 e. The molecule has 3 N–H and O–H groups in total. The molecule has 16 nitrogen and oxygen atoms in total. The maximum atomic E-state index is 13.3. The number of β-lactam (4-membered cyclic amide) rings is 1. The van der Waals surface area contributed by atoms with Gasteiger partial charge in [-0.15, -0.1) is 45.7 Å². The molecule has 0 radical (unpaired) electrons. The molecule has 2 aromatic rings. The van der Waals surface area contributed by atoms with Gasteiger partial charge in [0.25, 0.3) is 11.8 Å². The third kappa shape index (κ3) is 6.94. The zero-order valence-corrected chi connectivity index (χ0v) is 25.1. The summed E-state index contributed by atoms with van der Waals surface area (Å²) in [6.07, 6.45) is 0. The normalized spacial score (nSPS) is 18.6. The van der Waals surface area contributed by atoms with Gasteiger partial charge in [0.1, 0.15) is 29.9 Å². The number of fused-ring (bicyclic) bond motifs is 1. The molecule has 0 spiro atoms. The lowest BCUT2D eigenvalue weighted by Gasteiger charge is -2.49. The van der Waals surface area contributed by atoms with E-state index in [0.717, 1.165) is 11.3 Å². The van der Waals surface area contributed by atoms with E-state index in [-0.39, 0.29) is 46.9 Å². The number of hydrogen-bond donors (Lipinski definition) is 2. The van der Waals surface area contributed by atoms with Crippen molar-refractivity contribution in [2.75, 3.05) is 25.4 Å². The highest BCUT2D eigenvalue weighted by atomic mass is 35.5. The summed E-state index contributed by atoms with van der Waals surface area (Å²) < 4.78 is 10.3. The van der Waals surface area contributed by atoms with E-state index in [2.05, 4.69) is 30.9 Å². The number of anilines is 1. The topological polar surface area (TPSA) is 206 Å². The zero-order chi connectivity index (χ0) is 29.2. The van der Waals surface area contributed by atoms with E-state index in [1.54, 1.807) is 27.7 Å². The summed E-state index contributed by atoms with van der Waals surface area (Å²) in [7, 11) is 1.27. The second-order valence-electron chi connectivity index (χ2n) is 9.61. The minimum atomic E-state index is -0.981. The van der Waals surface area contributed by atoms with Crippen LogP contribution in [0.3, 0.4) is 0 Å². The fraction of sp³-hybridized carbons (Fsp3) is 0.500. The predicted octanol–water partition coefficient (Wildman–Crippen LogP) is 0.237. The number of oxime groups is 1. The number of nitrogens with one attached hydrogen (secondary N) is 1. The highest BCUT2D eigenvalue weighted by Crippen LogP contribution is 2.41. The van der Waals surface area contributed by atoms with Crippen LogP contribution >= 0.6 is 35.5 Å². The Kier molecular flexibility index (Phi) is 9.93. The molecule has 1 saturated heterocycles. The van der Waals surface area contributed by atoms with Gasteiger partial charge in [-0.1, -0.05) is 5.16 Å². The van der Waals surface area contributed by atoms with Crippen LogP contribution in [0.2, 0.25) is 0 Å². The number of aryl methyl sites for hydroxylation is 1. The number of carbonyl (C=O) groups excluding carboxylic acids is 4. The van der Waals surface area contributed by atoms with Crippen molar-refractivity contribution in [1.29, 1.82) is 0 Å². The SMILES string of the molecule is CO/N=C(\C(=O)N[C@@H]1C(=O)N2C(C(=O)OCOC(=O)C(C)(C)C)=C(Cn3nnc(C)n3)CSC12)c1csc(N)n1.Cl. The lowest BCUT2D eigenvalue weighted by molar-refractivity contribution is -0.173. The van der Waals surface area contributed by atoms with Crippen molar-refractivity contribution in [3.05, 3.63) is 28.2 Å². The first-order chi connectivity index (χ1) is 18.9. The van der Waals surface area contributed by atoms with Crippen molar-refractivity contribution in [2.24, 2.45) is 10.6 Å². The summed E-state index contributed by atoms with van der Waals surface area (Å²) in [5.74, 6) is -1.99. The van der Waals surface area contributed by atoms with Crippen LogP contribution in [0.15, 0.2) is 21.8 Å². The molecule has 1 fully saturated rings. The third-order valence-corrected chi connectivity index (χ3v) is 7.58. The zero-order valence-electron chi connectivity index (χ0n) is 22.6. The molecule has 2 atom stereocenters. The average Bonchev–Trinajstić information content (AvgIpc) is 3.51. The quantitative estimate of drug-likeness (QED) is 0.125. The van der Waals surface area contributed by atoms with E-state index < -0.39 is 47.4 Å². The second-order valence-corrected chi connectivity index (χ2v) is 11.6. The molecular weight excluding hydrogens is 602 g/mol. The Hall–Kier alpha value is -3.77. The number of aromatic nitrogens is 5. The molecule has 4 rings (SSSR count). The Morgan fingerprint density at radius 1 is 1.27 bits per heavy atom. The van der Waals surface area contributed by atoms with E-state index in [1.165, 1.54) is 33.9 Å². The molecule has 1 unspecified atom stereocenters. The predicted molar refractivity (Wildman–Crippen MR) is 148 cm³/mol. The summed E-state index contributed by atoms with van der Waals surface area (Å²) >= 11 is 2.44. The average molecular weight is 630 g/mol. The molecule has 2 aromatic heterocycles. The number of hydrogen-bond acceptors (Lipinski definition) is 15. The number of thioether (sulfide) groups is 1. The largest absolute Gasteiger partial charge is 0.427 e. The first kappa shape index (κ1) is 31.8. The van der Waals surface area contributed by atoms with Gasteiger partial charge in [-0.3, -0.25) is 19.3 Å². The Morgan fingerprint density at radius 3 is 2.59 bits per heavy atom. The highest BCUT2D eigenvalue weighted by molar-refractivity contribution is 8.00. The number of nitrogens with zero attached hydrogens (tertiary/aromatic N) is 7. The number of ether oxygens (including phenoxy) is 2. The fourth-order valence-corrected chi connectivity index (χ4v) is 5.56. The highest BCUT2D eigenvalue weighted by Gasteiger charge is 2.55. The van der Waals surface area contributed by atoms with E-state index >= 15 is 0 Å². The number of nitrogens with two attached hydrogens (primary N) is 1. The lowest BCUT2D eigenvalue weighted by atomic mass is 9.98. The van der Waals surface area contributed by atoms with Crippen LogP contribution < -0.4 is 11.1 Å². The Morgan fingerprint density at radius 2 is 2.00 bits per heavy atom. The van der Waals surface area contributed by atoms with Crippen LogP contribution in [0, 0.1) is 12.3 Å². The van der Waals surface area contributed by atoms with Gasteiger partial charge in [-0.2, -0.15) is 4.80 Å². The second kappa shape index (κ2) is 12.8. The van der Waals surface area contributed by atoms with Crippen molar-refractivity contribution < 1.29 is 33.5 Å². The standard InChI is InChI=1S/C22H27N9O7S2.ClH/c1-10-26-29-30(27-10)6-11-7-39-18-14(25-16(32)13(28-36-5)12-8-40-21(23)24-12)17(33)31(18)15(11)19(34)37-9-38-20(35)22(2,3)4;/h8,14,18H,6-7,9H2,1-5H3,(H2,23,24)(H,25,32);1H/b28-13-;/t14-,18?;/m1./s1. The van der Waals surface area contributed by atoms with E-state index in [0.29, 0.717) is 11.4 Å². The first-order valence-corrected chi connectivity index (χ1v) is 13.7. The van der Waals surface area contributed by atoms with Gasteiger partial charge in [0.2, 0.25) is 6.79 Å². The number of amides is 2. The number of rotatable bonds is 9.